The summed E-state index contributed by atoms with van der Waals surface area (Å²) in [6, 6.07) is 22.6. The van der Waals surface area contributed by atoms with Crippen molar-refractivity contribution in [2.75, 3.05) is 13.2 Å². The number of rotatable bonds is 6. The van der Waals surface area contributed by atoms with Gasteiger partial charge in [0.05, 0.1) is 11.4 Å². The molecular formula is C22H17NO4S. The van der Waals surface area contributed by atoms with E-state index >= 15 is 0 Å². The van der Waals surface area contributed by atoms with Crippen LogP contribution in [0.15, 0.2) is 82.1 Å². The van der Waals surface area contributed by atoms with E-state index in [1.807, 2.05) is 66.7 Å². The number of furan rings is 1. The topological polar surface area (TPSA) is 59.8 Å². The Hall–Kier alpha value is -3.25. The number of para-hydroxylation sites is 1. The number of ether oxygens (including phenoxy) is 1. The van der Waals surface area contributed by atoms with Gasteiger partial charge in [-0.15, -0.1) is 0 Å². The molecule has 3 aromatic rings. The number of nitrogens with zero attached hydrogens (tertiary/aromatic N) is 1. The highest BCUT2D eigenvalue weighted by Gasteiger charge is 2.35. The second-order valence-corrected chi connectivity index (χ2v) is 7.06. The number of hydrogen-bond donors (Lipinski definition) is 0. The fourth-order valence-corrected chi connectivity index (χ4v) is 3.63. The molecule has 2 amide bonds. The van der Waals surface area contributed by atoms with Gasteiger partial charge in [0.1, 0.15) is 23.9 Å². The van der Waals surface area contributed by atoms with Gasteiger partial charge in [0.25, 0.3) is 11.1 Å². The van der Waals surface area contributed by atoms with Gasteiger partial charge in [0.2, 0.25) is 0 Å². The molecule has 0 unspecified atom stereocenters. The molecule has 1 aliphatic heterocycles. The SMILES string of the molecule is O=C1S/C(=C\c2ccc(-c3ccccc3)o2)C(=O)N1CCOc1ccccc1. The molecule has 1 saturated heterocycles. The van der Waals surface area contributed by atoms with Crippen molar-refractivity contribution in [1.29, 1.82) is 0 Å². The summed E-state index contributed by atoms with van der Waals surface area (Å²) in [6.07, 6.45) is 1.61. The molecule has 0 spiro atoms. The second-order valence-electron chi connectivity index (χ2n) is 6.06. The van der Waals surface area contributed by atoms with Crippen molar-refractivity contribution < 1.29 is 18.7 Å². The number of imide groups is 1. The lowest BCUT2D eigenvalue weighted by atomic mass is 10.2. The van der Waals surface area contributed by atoms with E-state index in [1.165, 1.54) is 4.90 Å². The minimum absolute atomic E-state index is 0.199. The lowest BCUT2D eigenvalue weighted by molar-refractivity contribution is -0.123. The summed E-state index contributed by atoms with van der Waals surface area (Å²) in [5, 5.41) is -0.303. The van der Waals surface area contributed by atoms with Crippen molar-refractivity contribution >= 4 is 29.0 Å². The highest BCUT2D eigenvalue weighted by molar-refractivity contribution is 8.18. The molecule has 0 radical (unpaired) electrons. The van der Waals surface area contributed by atoms with E-state index in [2.05, 4.69) is 0 Å². The first-order valence-corrected chi connectivity index (χ1v) is 9.61. The number of amides is 2. The zero-order chi connectivity index (χ0) is 19.3. The van der Waals surface area contributed by atoms with E-state index in [0.717, 1.165) is 17.3 Å². The molecule has 0 N–H and O–H groups in total. The van der Waals surface area contributed by atoms with Crippen LogP contribution in [0.2, 0.25) is 0 Å². The van der Waals surface area contributed by atoms with Crippen LogP contribution in [0, 0.1) is 0 Å². The maximum Gasteiger partial charge on any atom is 0.293 e. The van der Waals surface area contributed by atoms with Gasteiger partial charge in [-0.2, -0.15) is 0 Å². The van der Waals surface area contributed by atoms with E-state index in [9.17, 15) is 9.59 Å². The second kappa shape index (κ2) is 8.19. The van der Waals surface area contributed by atoms with E-state index < -0.39 is 0 Å². The van der Waals surface area contributed by atoms with E-state index in [4.69, 9.17) is 9.15 Å². The predicted molar refractivity (Wildman–Crippen MR) is 109 cm³/mol. The Bertz CT molecular complexity index is 1010. The van der Waals surface area contributed by atoms with Gasteiger partial charge in [-0.05, 0) is 36.0 Å². The Morgan fingerprint density at radius 3 is 2.39 bits per heavy atom. The fourth-order valence-electron chi connectivity index (χ4n) is 2.78. The minimum Gasteiger partial charge on any atom is -0.492 e. The number of carbonyl (C=O) groups is 2. The lowest BCUT2D eigenvalue weighted by Gasteiger charge is -2.13. The maximum absolute atomic E-state index is 12.6. The van der Waals surface area contributed by atoms with Gasteiger partial charge in [-0.25, -0.2) is 0 Å². The van der Waals surface area contributed by atoms with Crippen LogP contribution in [0.25, 0.3) is 17.4 Å². The van der Waals surface area contributed by atoms with Gasteiger partial charge >= 0.3 is 0 Å². The maximum atomic E-state index is 12.6. The summed E-state index contributed by atoms with van der Waals surface area (Å²) >= 11 is 0.911. The van der Waals surface area contributed by atoms with E-state index in [0.29, 0.717) is 22.2 Å². The summed E-state index contributed by atoms with van der Waals surface area (Å²) in [5.74, 6) is 1.62. The molecule has 0 aliphatic carbocycles. The average molecular weight is 391 g/mol. The van der Waals surface area contributed by atoms with Crippen molar-refractivity contribution in [1.82, 2.24) is 4.90 Å². The smallest absolute Gasteiger partial charge is 0.293 e. The van der Waals surface area contributed by atoms with Crippen molar-refractivity contribution in [2.45, 2.75) is 0 Å². The van der Waals surface area contributed by atoms with Crippen molar-refractivity contribution in [3.63, 3.8) is 0 Å². The predicted octanol–water partition coefficient (Wildman–Crippen LogP) is 5.06. The van der Waals surface area contributed by atoms with Crippen LogP contribution in [0.3, 0.4) is 0 Å². The summed E-state index contributed by atoms with van der Waals surface area (Å²) in [5.41, 5.74) is 0.952. The Kier molecular flexibility index (Phi) is 5.30. The van der Waals surface area contributed by atoms with Crippen LogP contribution in [-0.4, -0.2) is 29.2 Å². The first-order chi connectivity index (χ1) is 13.7. The zero-order valence-corrected chi connectivity index (χ0v) is 15.7. The fraction of sp³-hybridized carbons (Fsp3) is 0.0909. The Balaban J connectivity index is 1.41. The zero-order valence-electron chi connectivity index (χ0n) is 14.9. The van der Waals surface area contributed by atoms with Crippen LogP contribution in [0.4, 0.5) is 4.79 Å². The summed E-state index contributed by atoms with van der Waals surface area (Å²) in [4.78, 5) is 26.3. The van der Waals surface area contributed by atoms with Crippen molar-refractivity contribution in [2.24, 2.45) is 0 Å². The van der Waals surface area contributed by atoms with Gasteiger partial charge < -0.3 is 9.15 Å². The molecular weight excluding hydrogens is 374 g/mol. The normalized spacial score (nSPS) is 15.4. The molecule has 0 saturated carbocycles. The van der Waals surface area contributed by atoms with Gasteiger partial charge in [-0.1, -0.05) is 48.5 Å². The number of thioether (sulfide) groups is 1. The molecule has 28 heavy (non-hydrogen) atoms. The van der Waals surface area contributed by atoms with Gasteiger partial charge in [0, 0.05) is 11.6 Å². The van der Waals surface area contributed by atoms with Crippen LogP contribution in [0.5, 0.6) is 5.75 Å². The third-order valence-corrected chi connectivity index (χ3v) is 5.07. The minimum atomic E-state index is -0.329. The largest absolute Gasteiger partial charge is 0.492 e. The van der Waals surface area contributed by atoms with Crippen LogP contribution >= 0.6 is 11.8 Å². The lowest BCUT2D eigenvalue weighted by Crippen LogP contribution is -2.32. The highest BCUT2D eigenvalue weighted by Crippen LogP contribution is 2.33. The standard InChI is InChI=1S/C22H17NO4S/c24-21-20(15-18-11-12-19(27-18)16-7-3-1-4-8-16)28-22(25)23(21)13-14-26-17-9-5-2-6-10-17/h1-12,15H,13-14H2/b20-15-. The summed E-state index contributed by atoms with van der Waals surface area (Å²) in [6.45, 7) is 0.443. The molecule has 0 atom stereocenters. The molecule has 140 valence electrons. The molecule has 1 fully saturated rings. The molecule has 1 aromatic heterocycles. The van der Waals surface area contributed by atoms with Crippen LogP contribution in [0.1, 0.15) is 5.76 Å². The van der Waals surface area contributed by atoms with Gasteiger partial charge in [0.15, 0.2) is 0 Å². The molecule has 4 rings (SSSR count). The summed E-state index contributed by atoms with van der Waals surface area (Å²) < 4.78 is 11.4. The number of carbonyl (C=O) groups excluding carboxylic acids is 2. The van der Waals surface area contributed by atoms with Crippen molar-refractivity contribution in [3.05, 3.63) is 83.5 Å². The Morgan fingerprint density at radius 2 is 1.64 bits per heavy atom. The quantitative estimate of drug-likeness (QED) is 0.550. The molecule has 2 heterocycles. The third-order valence-electron chi connectivity index (χ3n) is 4.16. The molecule has 0 bridgehead atoms. The van der Waals surface area contributed by atoms with Crippen LogP contribution in [-0.2, 0) is 4.79 Å². The van der Waals surface area contributed by atoms with Gasteiger partial charge in [-0.3, -0.25) is 14.5 Å². The molecule has 5 nitrogen and oxygen atoms in total. The Morgan fingerprint density at radius 1 is 0.929 bits per heavy atom. The van der Waals surface area contributed by atoms with E-state index in [1.54, 1.807) is 12.1 Å². The van der Waals surface area contributed by atoms with E-state index in [-0.39, 0.29) is 24.3 Å². The first kappa shape index (κ1) is 18.1. The third kappa shape index (κ3) is 4.02. The molecule has 1 aliphatic rings. The highest BCUT2D eigenvalue weighted by atomic mass is 32.2. The first-order valence-electron chi connectivity index (χ1n) is 8.79. The Labute approximate surface area is 166 Å². The molecule has 2 aromatic carbocycles. The van der Waals surface area contributed by atoms with Crippen molar-refractivity contribution in [3.8, 4) is 17.1 Å². The monoisotopic (exact) mass is 391 g/mol. The number of benzene rings is 2. The molecule has 6 heteroatoms. The number of hydrogen-bond acceptors (Lipinski definition) is 5. The average Bonchev–Trinajstić information content (AvgIpc) is 3.30. The van der Waals surface area contributed by atoms with Crippen LogP contribution < -0.4 is 4.74 Å². The summed E-state index contributed by atoms with van der Waals surface area (Å²) in [7, 11) is 0.